The zero-order valence-corrected chi connectivity index (χ0v) is 21.7. The number of thiazole rings is 1. The molecule has 0 aliphatic carbocycles. The first-order chi connectivity index (χ1) is 16.3. The number of piperazine rings is 1. The number of thiophene rings is 1. The molecule has 1 atom stereocenters. The highest BCUT2D eigenvalue weighted by atomic mass is 35.5. The van der Waals surface area contributed by atoms with Crippen LogP contribution in [0.5, 0.6) is 0 Å². The van der Waals surface area contributed by atoms with Gasteiger partial charge in [-0.3, -0.25) is 14.4 Å². The van der Waals surface area contributed by atoms with Crippen LogP contribution in [-0.4, -0.2) is 55.3 Å². The Labute approximate surface area is 211 Å². The largest absolute Gasteiger partial charge is 0.374 e. The van der Waals surface area contributed by atoms with E-state index < -0.39 is 10.0 Å². The second-order valence-electron chi connectivity index (χ2n) is 8.34. The zero-order valence-electron chi connectivity index (χ0n) is 18.5. The summed E-state index contributed by atoms with van der Waals surface area (Å²) in [6.45, 7) is 5.64. The molecule has 0 radical (unpaired) electrons. The molecule has 1 unspecified atom stereocenters. The van der Waals surface area contributed by atoms with Crippen molar-refractivity contribution in [1.29, 1.82) is 0 Å². The number of hydrogen-bond acceptors (Lipinski definition) is 8. The molecule has 1 saturated heterocycles. The second-order valence-corrected chi connectivity index (χ2v) is 12.8. The third-order valence-corrected chi connectivity index (χ3v) is 10.2. The molecule has 0 saturated carbocycles. The van der Waals surface area contributed by atoms with Crippen molar-refractivity contribution in [2.75, 3.05) is 36.2 Å². The Hall–Kier alpha value is -2.18. The summed E-state index contributed by atoms with van der Waals surface area (Å²) >= 11 is 9.22. The molecule has 1 aromatic carbocycles. The summed E-state index contributed by atoms with van der Waals surface area (Å²) in [6, 6.07) is 6.87. The zero-order chi connectivity index (χ0) is 23.9. The van der Waals surface area contributed by atoms with Gasteiger partial charge >= 0.3 is 0 Å². The second kappa shape index (κ2) is 9.46. The van der Waals surface area contributed by atoms with Gasteiger partial charge in [0.1, 0.15) is 9.22 Å². The molecule has 34 heavy (non-hydrogen) atoms. The number of sulfonamides is 1. The van der Waals surface area contributed by atoms with E-state index in [1.54, 1.807) is 41.8 Å². The summed E-state index contributed by atoms with van der Waals surface area (Å²) in [4.78, 5) is 21.6. The van der Waals surface area contributed by atoms with Gasteiger partial charge < -0.3 is 10.2 Å². The number of carbonyl (C=O) groups excluding carboxylic acids is 1. The van der Waals surface area contributed by atoms with Gasteiger partial charge in [-0.15, -0.1) is 22.7 Å². The lowest BCUT2D eigenvalue weighted by molar-refractivity contribution is -0.130. The number of amides is 1. The first-order valence-corrected chi connectivity index (χ1v) is 14.4. The van der Waals surface area contributed by atoms with E-state index >= 15 is 0 Å². The molecule has 2 N–H and O–H groups in total. The number of halogens is 1. The predicted molar refractivity (Wildman–Crippen MR) is 136 cm³/mol. The minimum absolute atomic E-state index is 0.0493. The van der Waals surface area contributed by atoms with Crippen LogP contribution in [0.1, 0.15) is 28.4 Å². The summed E-state index contributed by atoms with van der Waals surface area (Å²) < 4.78 is 28.5. The number of nitrogens with zero attached hydrogens (tertiary/aromatic N) is 3. The van der Waals surface area contributed by atoms with Gasteiger partial charge in [-0.05, 0) is 23.1 Å². The summed E-state index contributed by atoms with van der Waals surface area (Å²) in [6.07, 6.45) is 2.61. The Bertz CT molecular complexity index is 1300. The molecule has 12 heteroatoms. The molecule has 5 rings (SSSR count). The van der Waals surface area contributed by atoms with Crippen molar-refractivity contribution in [3.8, 4) is 0 Å². The van der Waals surface area contributed by atoms with Crippen molar-refractivity contribution in [2.24, 2.45) is 0 Å². The number of anilines is 2. The SMILES string of the molecule is CC(=O)N1CCN(Cc2cnc(C3Cc4ccc(Cl)c(NS(=O)(=O)c5cccs5)c4N3)s2)CC1. The van der Waals surface area contributed by atoms with Crippen LogP contribution in [0.15, 0.2) is 40.1 Å². The average Bonchev–Trinajstić information content (AvgIpc) is 3.57. The average molecular weight is 538 g/mol. The fourth-order valence-corrected chi connectivity index (χ4v) is 7.61. The minimum atomic E-state index is -3.72. The molecule has 3 aromatic rings. The van der Waals surface area contributed by atoms with E-state index in [0.717, 1.165) is 54.6 Å². The van der Waals surface area contributed by atoms with Crippen LogP contribution in [0, 0.1) is 0 Å². The van der Waals surface area contributed by atoms with Crippen molar-refractivity contribution >= 4 is 61.6 Å². The lowest BCUT2D eigenvalue weighted by atomic mass is 10.1. The molecule has 1 fully saturated rings. The Morgan fingerprint density at radius 2 is 2.06 bits per heavy atom. The number of aromatic nitrogens is 1. The van der Waals surface area contributed by atoms with Gasteiger partial charge in [-0.25, -0.2) is 13.4 Å². The van der Waals surface area contributed by atoms with E-state index in [9.17, 15) is 13.2 Å². The van der Waals surface area contributed by atoms with Crippen molar-refractivity contribution in [1.82, 2.24) is 14.8 Å². The number of rotatable bonds is 6. The van der Waals surface area contributed by atoms with E-state index in [0.29, 0.717) is 22.8 Å². The third-order valence-electron chi connectivity index (χ3n) is 6.05. The van der Waals surface area contributed by atoms with E-state index in [1.807, 2.05) is 17.2 Å². The van der Waals surface area contributed by atoms with Crippen LogP contribution in [0.4, 0.5) is 11.4 Å². The molecule has 0 spiro atoms. The Morgan fingerprint density at radius 1 is 1.26 bits per heavy atom. The number of nitrogens with one attached hydrogen (secondary N) is 2. The normalized spacial score (nSPS) is 18.5. The lowest BCUT2D eigenvalue weighted by Gasteiger charge is -2.33. The maximum Gasteiger partial charge on any atom is 0.271 e. The molecular weight excluding hydrogens is 514 g/mol. The number of fused-ring (bicyclic) bond motifs is 1. The fraction of sp³-hybridized carbons (Fsp3) is 0.364. The molecule has 2 aliphatic rings. The highest BCUT2D eigenvalue weighted by molar-refractivity contribution is 7.94. The van der Waals surface area contributed by atoms with Crippen molar-refractivity contribution in [3.05, 3.63) is 56.3 Å². The Balaban J connectivity index is 1.28. The van der Waals surface area contributed by atoms with Gasteiger partial charge in [0.2, 0.25) is 5.91 Å². The van der Waals surface area contributed by atoms with Crippen LogP contribution in [0.3, 0.4) is 0 Å². The monoisotopic (exact) mass is 537 g/mol. The number of carbonyl (C=O) groups is 1. The molecule has 2 aromatic heterocycles. The Morgan fingerprint density at radius 3 is 2.76 bits per heavy atom. The van der Waals surface area contributed by atoms with Crippen molar-refractivity contribution in [2.45, 2.75) is 30.1 Å². The van der Waals surface area contributed by atoms with Gasteiger partial charge in [-0.1, -0.05) is 23.7 Å². The van der Waals surface area contributed by atoms with E-state index in [4.69, 9.17) is 11.6 Å². The molecule has 180 valence electrons. The maximum absolute atomic E-state index is 12.8. The summed E-state index contributed by atoms with van der Waals surface area (Å²) in [5, 5.41) is 6.47. The van der Waals surface area contributed by atoms with Gasteiger partial charge in [-0.2, -0.15) is 0 Å². The molecule has 8 nitrogen and oxygen atoms in total. The summed E-state index contributed by atoms with van der Waals surface area (Å²) in [5.74, 6) is 0.128. The summed E-state index contributed by atoms with van der Waals surface area (Å²) in [7, 11) is -3.72. The van der Waals surface area contributed by atoms with Crippen LogP contribution >= 0.6 is 34.3 Å². The first-order valence-electron chi connectivity index (χ1n) is 10.9. The van der Waals surface area contributed by atoms with Gasteiger partial charge in [0.05, 0.1) is 22.4 Å². The minimum Gasteiger partial charge on any atom is -0.374 e. The molecule has 1 amide bonds. The molecular formula is C22H24ClN5O3S3. The third kappa shape index (κ3) is 4.80. The smallest absolute Gasteiger partial charge is 0.271 e. The van der Waals surface area contributed by atoms with Gasteiger partial charge in [0.15, 0.2) is 0 Å². The number of hydrogen-bond donors (Lipinski definition) is 2. The predicted octanol–water partition coefficient (Wildman–Crippen LogP) is 4.03. The first kappa shape index (κ1) is 23.6. The van der Waals surface area contributed by atoms with Crippen molar-refractivity contribution in [3.63, 3.8) is 0 Å². The standard InChI is InChI=1S/C22H24ClN5O3S3/c1-14(29)28-8-6-27(7-9-28)13-16-12-24-22(33-16)18-11-15-4-5-17(23)21(20(15)25-18)26-34(30,31)19-3-2-10-32-19/h2-5,10,12,18,25-26H,6-9,11,13H2,1H3. The Kier molecular flexibility index (Phi) is 6.56. The molecule has 0 bridgehead atoms. The fourth-order valence-electron chi connectivity index (χ4n) is 4.25. The maximum atomic E-state index is 12.8. The van der Waals surface area contributed by atoms with Gasteiger partial charge in [0, 0.05) is 57.1 Å². The lowest BCUT2D eigenvalue weighted by Crippen LogP contribution is -2.47. The topological polar surface area (TPSA) is 94.6 Å². The quantitative estimate of drug-likeness (QED) is 0.493. The van der Waals surface area contributed by atoms with Crippen LogP contribution in [-0.2, 0) is 27.8 Å². The van der Waals surface area contributed by atoms with Crippen LogP contribution in [0.2, 0.25) is 5.02 Å². The van der Waals surface area contributed by atoms with Crippen LogP contribution < -0.4 is 10.0 Å². The number of benzene rings is 1. The van der Waals surface area contributed by atoms with Gasteiger partial charge in [0.25, 0.3) is 10.0 Å². The van der Waals surface area contributed by atoms with E-state index in [-0.39, 0.29) is 16.2 Å². The molecule has 2 aliphatic heterocycles. The highest BCUT2D eigenvalue weighted by Crippen LogP contribution is 2.44. The molecule has 4 heterocycles. The summed E-state index contributed by atoms with van der Waals surface area (Å²) in [5.41, 5.74) is 2.07. The van der Waals surface area contributed by atoms with E-state index in [2.05, 4.69) is 19.9 Å². The van der Waals surface area contributed by atoms with Crippen LogP contribution in [0.25, 0.3) is 0 Å². The highest BCUT2D eigenvalue weighted by Gasteiger charge is 2.30. The van der Waals surface area contributed by atoms with E-state index in [1.165, 1.54) is 4.88 Å². The van der Waals surface area contributed by atoms with Crippen molar-refractivity contribution < 1.29 is 13.2 Å².